The van der Waals surface area contributed by atoms with Crippen LogP contribution < -0.4 is 4.90 Å². The smallest absolute Gasteiger partial charge is 0.260 e. The lowest BCUT2D eigenvalue weighted by Crippen LogP contribution is -2.34. The number of sulfone groups is 1. The highest BCUT2D eigenvalue weighted by Gasteiger charge is 2.22. The van der Waals surface area contributed by atoms with Crippen molar-refractivity contribution in [2.75, 3.05) is 17.2 Å². The summed E-state index contributed by atoms with van der Waals surface area (Å²) in [6, 6.07) is 15.9. The van der Waals surface area contributed by atoms with Gasteiger partial charge in [0.15, 0.2) is 15.0 Å². The summed E-state index contributed by atoms with van der Waals surface area (Å²) >= 11 is 1.45. The number of para-hydroxylation sites is 1. The van der Waals surface area contributed by atoms with Crippen molar-refractivity contribution in [3.8, 4) is 0 Å². The van der Waals surface area contributed by atoms with Gasteiger partial charge in [-0.1, -0.05) is 30.4 Å². The van der Waals surface area contributed by atoms with Crippen molar-refractivity contribution in [1.82, 2.24) is 14.8 Å². The van der Waals surface area contributed by atoms with E-state index in [0.29, 0.717) is 23.8 Å². The maximum atomic E-state index is 13.5. The SMILES string of the molecule is CCS(=O)(=O)c1ccc(C(=O)N(CCn2nc(C)cc2C)c2nc3ccccc3s2)cc1. The molecular weight excluding hydrogens is 444 g/mol. The average molecular weight is 469 g/mol. The number of carbonyl (C=O) groups is 1. The Hall–Kier alpha value is -3.04. The van der Waals surface area contributed by atoms with Crippen LogP contribution in [0.2, 0.25) is 0 Å². The quantitative estimate of drug-likeness (QED) is 0.405. The Morgan fingerprint density at radius 1 is 1.09 bits per heavy atom. The summed E-state index contributed by atoms with van der Waals surface area (Å²) in [5.41, 5.74) is 3.19. The normalized spacial score (nSPS) is 11.7. The molecule has 2 aromatic heterocycles. The Labute approximate surface area is 191 Å². The molecular formula is C23H24N4O3S2. The minimum absolute atomic E-state index is 0.0146. The summed E-state index contributed by atoms with van der Waals surface area (Å²) in [5.74, 6) is -0.216. The van der Waals surface area contributed by atoms with Gasteiger partial charge in [-0.2, -0.15) is 5.10 Å². The molecule has 0 unspecified atom stereocenters. The highest BCUT2D eigenvalue weighted by Crippen LogP contribution is 2.30. The van der Waals surface area contributed by atoms with Gasteiger partial charge in [0, 0.05) is 17.8 Å². The molecule has 0 saturated heterocycles. The summed E-state index contributed by atoms with van der Waals surface area (Å²) in [5, 5.41) is 5.09. The minimum Gasteiger partial charge on any atom is -0.282 e. The Morgan fingerprint density at radius 2 is 1.81 bits per heavy atom. The lowest BCUT2D eigenvalue weighted by molar-refractivity contribution is 0.0985. The molecule has 0 fully saturated rings. The largest absolute Gasteiger partial charge is 0.282 e. The lowest BCUT2D eigenvalue weighted by atomic mass is 10.2. The van der Waals surface area contributed by atoms with E-state index < -0.39 is 9.84 Å². The Morgan fingerprint density at radius 3 is 2.44 bits per heavy atom. The van der Waals surface area contributed by atoms with Gasteiger partial charge in [0.2, 0.25) is 0 Å². The molecule has 166 valence electrons. The topological polar surface area (TPSA) is 85.2 Å². The summed E-state index contributed by atoms with van der Waals surface area (Å²) in [7, 11) is -3.33. The van der Waals surface area contributed by atoms with Crippen molar-refractivity contribution in [2.45, 2.75) is 32.2 Å². The summed E-state index contributed by atoms with van der Waals surface area (Å²) in [4.78, 5) is 20.0. The van der Waals surface area contributed by atoms with Crippen molar-refractivity contribution >= 4 is 42.4 Å². The number of hydrogen-bond donors (Lipinski definition) is 0. The first kappa shape index (κ1) is 22.2. The van der Waals surface area contributed by atoms with Gasteiger partial charge in [-0.3, -0.25) is 14.4 Å². The molecule has 32 heavy (non-hydrogen) atoms. The van der Waals surface area contributed by atoms with E-state index in [0.717, 1.165) is 21.6 Å². The van der Waals surface area contributed by atoms with Gasteiger partial charge in [-0.25, -0.2) is 13.4 Å². The van der Waals surface area contributed by atoms with Crippen LogP contribution in [0.1, 0.15) is 28.7 Å². The molecule has 9 heteroatoms. The van der Waals surface area contributed by atoms with Crippen LogP contribution >= 0.6 is 11.3 Å². The zero-order valence-electron chi connectivity index (χ0n) is 18.1. The van der Waals surface area contributed by atoms with Crippen molar-refractivity contribution < 1.29 is 13.2 Å². The minimum atomic E-state index is -3.33. The zero-order valence-corrected chi connectivity index (χ0v) is 19.8. The number of fused-ring (bicyclic) bond motifs is 1. The van der Waals surface area contributed by atoms with Crippen molar-refractivity contribution in [3.63, 3.8) is 0 Å². The van der Waals surface area contributed by atoms with Crippen LogP contribution in [-0.4, -0.2) is 41.4 Å². The second-order valence-electron chi connectivity index (χ2n) is 7.50. The van der Waals surface area contributed by atoms with Crippen LogP contribution in [-0.2, 0) is 16.4 Å². The summed E-state index contributed by atoms with van der Waals surface area (Å²) in [6.07, 6.45) is 0. The highest BCUT2D eigenvalue weighted by molar-refractivity contribution is 7.91. The number of anilines is 1. The van der Waals surface area contributed by atoms with Crippen LogP contribution in [0, 0.1) is 13.8 Å². The van der Waals surface area contributed by atoms with Crippen LogP contribution in [0.15, 0.2) is 59.5 Å². The van der Waals surface area contributed by atoms with Gasteiger partial charge in [0.05, 0.1) is 33.1 Å². The second-order valence-corrected chi connectivity index (χ2v) is 10.8. The molecule has 4 aromatic rings. The number of carbonyl (C=O) groups excluding carboxylic acids is 1. The second kappa shape index (κ2) is 8.84. The molecule has 1 amide bonds. The standard InChI is InChI=1S/C23H24N4O3S2/c1-4-32(29,30)19-11-9-18(10-12-19)22(28)26(13-14-27-17(3)15-16(2)25-27)23-24-20-7-5-6-8-21(20)31-23/h5-12,15H,4,13-14H2,1-3H3. The molecule has 0 saturated carbocycles. The number of thiazole rings is 1. The van der Waals surface area contributed by atoms with Gasteiger partial charge in [-0.05, 0) is 56.3 Å². The maximum absolute atomic E-state index is 13.5. The van der Waals surface area contributed by atoms with E-state index in [-0.39, 0.29) is 16.6 Å². The predicted octanol–water partition coefficient (Wildman–Crippen LogP) is 4.25. The molecule has 0 aliphatic carbocycles. The number of hydrogen-bond acceptors (Lipinski definition) is 6. The molecule has 4 rings (SSSR count). The van der Waals surface area contributed by atoms with Gasteiger partial charge >= 0.3 is 0 Å². The van der Waals surface area contributed by atoms with Gasteiger partial charge in [0.1, 0.15) is 0 Å². The molecule has 2 heterocycles. The van der Waals surface area contributed by atoms with Crippen LogP contribution in [0.25, 0.3) is 10.2 Å². The van der Waals surface area contributed by atoms with Crippen LogP contribution in [0.4, 0.5) is 5.13 Å². The Kier molecular flexibility index (Phi) is 6.12. The van der Waals surface area contributed by atoms with E-state index in [9.17, 15) is 13.2 Å². The summed E-state index contributed by atoms with van der Waals surface area (Å²) < 4.78 is 27.1. The first-order chi connectivity index (χ1) is 15.3. The Bertz CT molecular complexity index is 1340. The fourth-order valence-corrected chi connectivity index (χ4v) is 5.36. The molecule has 0 spiro atoms. The molecule has 0 aliphatic rings. The third kappa shape index (κ3) is 4.44. The van der Waals surface area contributed by atoms with Crippen molar-refractivity contribution in [3.05, 3.63) is 71.5 Å². The molecule has 0 bridgehead atoms. The number of aromatic nitrogens is 3. The number of benzene rings is 2. The van der Waals surface area contributed by atoms with E-state index in [1.165, 1.54) is 23.5 Å². The molecule has 2 aromatic carbocycles. The van der Waals surface area contributed by atoms with E-state index in [1.54, 1.807) is 24.0 Å². The lowest BCUT2D eigenvalue weighted by Gasteiger charge is -2.20. The zero-order chi connectivity index (χ0) is 22.9. The first-order valence-electron chi connectivity index (χ1n) is 10.3. The Balaban J connectivity index is 1.67. The van der Waals surface area contributed by atoms with E-state index in [4.69, 9.17) is 0 Å². The number of amides is 1. The molecule has 0 radical (unpaired) electrons. The fourth-order valence-electron chi connectivity index (χ4n) is 3.48. The fraction of sp³-hybridized carbons (Fsp3) is 0.261. The third-order valence-corrected chi connectivity index (χ3v) is 8.05. The molecule has 7 nitrogen and oxygen atoms in total. The average Bonchev–Trinajstić information content (AvgIpc) is 3.36. The van der Waals surface area contributed by atoms with E-state index >= 15 is 0 Å². The first-order valence-corrected chi connectivity index (χ1v) is 12.8. The van der Waals surface area contributed by atoms with Crippen LogP contribution in [0.3, 0.4) is 0 Å². The molecule has 0 aliphatic heterocycles. The monoisotopic (exact) mass is 468 g/mol. The van der Waals surface area contributed by atoms with E-state index in [1.807, 2.05) is 48.9 Å². The number of nitrogens with zero attached hydrogens (tertiary/aromatic N) is 4. The van der Waals surface area contributed by atoms with Gasteiger partial charge < -0.3 is 0 Å². The van der Waals surface area contributed by atoms with E-state index in [2.05, 4.69) is 10.1 Å². The number of aryl methyl sites for hydroxylation is 2. The molecule has 0 atom stereocenters. The highest BCUT2D eigenvalue weighted by atomic mass is 32.2. The van der Waals surface area contributed by atoms with Crippen molar-refractivity contribution in [1.29, 1.82) is 0 Å². The molecule has 0 N–H and O–H groups in total. The number of rotatable bonds is 7. The predicted molar refractivity (Wildman–Crippen MR) is 127 cm³/mol. The van der Waals surface area contributed by atoms with Gasteiger partial charge in [0.25, 0.3) is 5.91 Å². The summed E-state index contributed by atoms with van der Waals surface area (Å²) in [6.45, 7) is 6.42. The van der Waals surface area contributed by atoms with Crippen molar-refractivity contribution in [2.24, 2.45) is 0 Å². The maximum Gasteiger partial charge on any atom is 0.260 e. The van der Waals surface area contributed by atoms with Crippen LogP contribution in [0.5, 0.6) is 0 Å². The third-order valence-electron chi connectivity index (χ3n) is 5.24. The van der Waals surface area contributed by atoms with Gasteiger partial charge in [-0.15, -0.1) is 0 Å².